The number of benzene rings is 1. The molecule has 0 aliphatic carbocycles. The minimum Gasteiger partial charge on any atom is -0.476 e. The van der Waals surface area contributed by atoms with Gasteiger partial charge >= 0.3 is 5.69 Å². The van der Waals surface area contributed by atoms with E-state index >= 15 is 0 Å². The highest BCUT2D eigenvalue weighted by Gasteiger charge is 2.24. The van der Waals surface area contributed by atoms with Gasteiger partial charge in [-0.2, -0.15) is 4.98 Å². The first-order chi connectivity index (χ1) is 9.63. The lowest BCUT2D eigenvalue weighted by Crippen LogP contribution is -2.11. The van der Waals surface area contributed by atoms with Crippen molar-refractivity contribution in [3.05, 3.63) is 52.3 Å². The number of hydrogen-bond donors (Lipinski definition) is 1. The molecular formula is C13H14N4O3. The Morgan fingerprint density at radius 3 is 2.60 bits per heavy atom. The summed E-state index contributed by atoms with van der Waals surface area (Å²) in [6, 6.07) is 9.45. The van der Waals surface area contributed by atoms with Crippen molar-refractivity contribution in [2.24, 2.45) is 0 Å². The summed E-state index contributed by atoms with van der Waals surface area (Å²) in [6.07, 6.45) is 1.23. The van der Waals surface area contributed by atoms with Gasteiger partial charge in [-0.1, -0.05) is 30.3 Å². The summed E-state index contributed by atoms with van der Waals surface area (Å²) in [5.41, 5.74) is 0.733. The molecule has 1 heterocycles. The van der Waals surface area contributed by atoms with Gasteiger partial charge in [-0.3, -0.25) is 10.1 Å². The normalized spacial score (nSPS) is 11.7. The van der Waals surface area contributed by atoms with Gasteiger partial charge in [-0.25, -0.2) is 4.98 Å². The lowest BCUT2D eigenvalue weighted by molar-refractivity contribution is -0.385. The second-order valence-electron chi connectivity index (χ2n) is 4.11. The molecule has 0 amide bonds. The Labute approximate surface area is 115 Å². The Kier molecular flexibility index (Phi) is 4.09. The summed E-state index contributed by atoms with van der Waals surface area (Å²) in [5, 5.41) is 14.1. The predicted octanol–water partition coefficient (Wildman–Crippen LogP) is 2.57. The molecule has 1 N–H and O–H groups in total. The van der Waals surface area contributed by atoms with Gasteiger partial charge < -0.3 is 10.1 Å². The zero-order valence-electron chi connectivity index (χ0n) is 11.1. The van der Waals surface area contributed by atoms with Crippen LogP contribution < -0.4 is 10.1 Å². The van der Waals surface area contributed by atoms with E-state index in [0.717, 1.165) is 5.56 Å². The second-order valence-corrected chi connectivity index (χ2v) is 4.11. The van der Waals surface area contributed by atoms with E-state index in [-0.39, 0.29) is 23.4 Å². The van der Waals surface area contributed by atoms with Crippen molar-refractivity contribution < 1.29 is 9.66 Å². The molecule has 2 rings (SSSR count). The molecule has 0 spiro atoms. The maximum Gasteiger partial charge on any atom is 0.372 e. The fourth-order valence-corrected chi connectivity index (χ4v) is 1.81. The zero-order valence-corrected chi connectivity index (χ0v) is 11.1. The Hall–Kier alpha value is -2.70. The molecule has 0 saturated carbocycles. The minimum atomic E-state index is -0.557. The van der Waals surface area contributed by atoms with Gasteiger partial charge in [0.2, 0.25) is 5.82 Å². The largest absolute Gasteiger partial charge is 0.476 e. The van der Waals surface area contributed by atoms with Crippen LogP contribution in [0, 0.1) is 10.1 Å². The molecule has 1 atom stereocenters. The van der Waals surface area contributed by atoms with E-state index in [4.69, 9.17) is 4.74 Å². The third kappa shape index (κ3) is 2.82. The van der Waals surface area contributed by atoms with Gasteiger partial charge in [0.05, 0.1) is 18.1 Å². The average molecular weight is 274 g/mol. The molecule has 1 aromatic carbocycles. The number of nitro groups is 1. The standard InChI is InChI=1S/C13H14N4O3/c1-9(10-6-4-3-5-7-10)16-12-11(17(18)19)13(20-2)15-8-14-12/h3-9H,1-2H3,(H,14,15,16). The van der Waals surface area contributed by atoms with Crippen LogP contribution in [0.4, 0.5) is 11.5 Å². The summed E-state index contributed by atoms with van der Waals surface area (Å²) in [5.74, 6) is 0.0750. The zero-order chi connectivity index (χ0) is 14.5. The third-order valence-electron chi connectivity index (χ3n) is 2.82. The van der Waals surface area contributed by atoms with Gasteiger partial charge in [0.1, 0.15) is 6.33 Å². The van der Waals surface area contributed by atoms with E-state index in [1.807, 2.05) is 37.3 Å². The number of nitrogens with zero attached hydrogens (tertiary/aromatic N) is 3. The van der Waals surface area contributed by atoms with Gasteiger partial charge in [0.25, 0.3) is 5.88 Å². The molecule has 1 unspecified atom stereocenters. The first-order valence-electron chi connectivity index (χ1n) is 5.98. The first-order valence-corrected chi connectivity index (χ1v) is 5.98. The van der Waals surface area contributed by atoms with Gasteiger partial charge in [-0.15, -0.1) is 0 Å². The Morgan fingerprint density at radius 2 is 2.00 bits per heavy atom. The quantitative estimate of drug-likeness (QED) is 0.665. The smallest absolute Gasteiger partial charge is 0.372 e. The first kappa shape index (κ1) is 13.7. The maximum absolute atomic E-state index is 11.1. The number of rotatable bonds is 5. The van der Waals surface area contributed by atoms with Gasteiger partial charge in [0, 0.05) is 0 Å². The van der Waals surface area contributed by atoms with Crippen molar-refractivity contribution in [1.82, 2.24) is 9.97 Å². The van der Waals surface area contributed by atoms with Crippen molar-refractivity contribution in [3.63, 3.8) is 0 Å². The van der Waals surface area contributed by atoms with Crippen molar-refractivity contribution in [1.29, 1.82) is 0 Å². The fourth-order valence-electron chi connectivity index (χ4n) is 1.81. The number of anilines is 1. The Bertz CT molecular complexity index is 604. The summed E-state index contributed by atoms with van der Waals surface area (Å²) in [7, 11) is 1.33. The van der Waals surface area contributed by atoms with Crippen LogP contribution in [0.2, 0.25) is 0 Å². The van der Waals surface area contributed by atoms with E-state index in [0.29, 0.717) is 0 Å². The van der Waals surface area contributed by atoms with E-state index in [2.05, 4.69) is 15.3 Å². The highest BCUT2D eigenvalue weighted by atomic mass is 16.6. The molecule has 7 heteroatoms. The molecule has 104 valence electrons. The number of hydrogen-bond acceptors (Lipinski definition) is 6. The number of methoxy groups -OCH3 is 1. The Morgan fingerprint density at radius 1 is 1.30 bits per heavy atom. The third-order valence-corrected chi connectivity index (χ3v) is 2.82. The van der Waals surface area contributed by atoms with Crippen LogP contribution in [-0.4, -0.2) is 22.0 Å². The number of nitrogens with one attached hydrogen (secondary N) is 1. The topological polar surface area (TPSA) is 90.2 Å². The van der Waals surface area contributed by atoms with Crippen LogP contribution in [0.1, 0.15) is 18.5 Å². The predicted molar refractivity (Wildman–Crippen MR) is 73.7 cm³/mol. The number of aromatic nitrogens is 2. The van der Waals surface area contributed by atoms with Crippen molar-refractivity contribution in [2.45, 2.75) is 13.0 Å². The van der Waals surface area contributed by atoms with E-state index in [9.17, 15) is 10.1 Å². The second kappa shape index (κ2) is 5.96. The monoisotopic (exact) mass is 274 g/mol. The molecule has 0 bridgehead atoms. The van der Waals surface area contributed by atoms with Gasteiger partial charge in [-0.05, 0) is 12.5 Å². The minimum absolute atomic E-state index is 0.0623. The summed E-state index contributed by atoms with van der Waals surface area (Å²) >= 11 is 0. The maximum atomic E-state index is 11.1. The molecule has 0 fully saturated rings. The summed E-state index contributed by atoms with van der Waals surface area (Å²) in [4.78, 5) is 18.2. The molecule has 2 aromatic rings. The van der Waals surface area contributed by atoms with Crippen LogP contribution in [0.3, 0.4) is 0 Å². The van der Waals surface area contributed by atoms with Crippen LogP contribution >= 0.6 is 0 Å². The molecule has 20 heavy (non-hydrogen) atoms. The highest BCUT2D eigenvalue weighted by molar-refractivity contribution is 5.61. The molecule has 7 nitrogen and oxygen atoms in total. The molecular weight excluding hydrogens is 260 g/mol. The van der Waals surface area contributed by atoms with Gasteiger partial charge in [0.15, 0.2) is 0 Å². The molecule has 0 saturated heterocycles. The average Bonchev–Trinajstić information content (AvgIpc) is 2.47. The molecule has 1 aromatic heterocycles. The van der Waals surface area contributed by atoms with Crippen LogP contribution in [0.25, 0.3) is 0 Å². The number of ether oxygens (including phenoxy) is 1. The highest BCUT2D eigenvalue weighted by Crippen LogP contribution is 2.32. The molecule has 0 aliphatic rings. The lowest BCUT2D eigenvalue weighted by Gasteiger charge is -2.15. The van der Waals surface area contributed by atoms with Crippen molar-refractivity contribution in [2.75, 3.05) is 12.4 Å². The van der Waals surface area contributed by atoms with Crippen molar-refractivity contribution in [3.8, 4) is 5.88 Å². The lowest BCUT2D eigenvalue weighted by atomic mass is 10.1. The summed E-state index contributed by atoms with van der Waals surface area (Å²) < 4.78 is 4.90. The summed E-state index contributed by atoms with van der Waals surface area (Å²) in [6.45, 7) is 1.90. The SMILES string of the molecule is COc1ncnc(NC(C)c2ccccc2)c1[N+](=O)[O-]. The van der Waals surface area contributed by atoms with E-state index in [1.165, 1.54) is 13.4 Å². The molecule has 0 radical (unpaired) electrons. The molecule has 0 aliphatic heterocycles. The van der Waals surface area contributed by atoms with Crippen LogP contribution in [0.5, 0.6) is 5.88 Å². The van der Waals surface area contributed by atoms with E-state index in [1.54, 1.807) is 0 Å². The van der Waals surface area contributed by atoms with Crippen LogP contribution in [0.15, 0.2) is 36.7 Å². The fraction of sp³-hybridized carbons (Fsp3) is 0.231. The van der Waals surface area contributed by atoms with E-state index < -0.39 is 4.92 Å². The Balaban J connectivity index is 2.32. The van der Waals surface area contributed by atoms with Crippen molar-refractivity contribution >= 4 is 11.5 Å². The van der Waals surface area contributed by atoms with Crippen LogP contribution in [-0.2, 0) is 0 Å².